The summed E-state index contributed by atoms with van der Waals surface area (Å²) in [7, 11) is 4.01. The number of halogens is 2. The Morgan fingerprint density at radius 3 is 1.60 bits per heavy atom. The van der Waals surface area contributed by atoms with Gasteiger partial charge in [0.2, 0.25) is 11.8 Å². The van der Waals surface area contributed by atoms with Gasteiger partial charge < -0.3 is 49.5 Å². The molecule has 0 saturated carbocycles. The number of ether oxygens (including phenoxy) is 2. The summed E-state index contributed by atoms with van der Waals surface area (Å²) in [4.78, 5) is 118. The molecule has 5 aromatic carbocycles. The summed E-state index contributed by atoms with van der Waals surface area (Å²) in [6.07, 6.45) is 9.42. The third-order valence-corrected chi connectivity index (χ3v) is 16.9. The molecular weight excluding hydrogens is 1110 g/mol. The van der Waals surface area contributed by atoms with Gasteiger partial charge in [0.15, 0.2) is 0 Å². The number of nitrogens with zero attached hydrogens (tertiary/aromatic N) is 7. The Morgan fingerprint density at radius 2 is 1.08 bits per heavy atom. The van der Waals surface area contributed by atoms with Gasteiger partial charge in [-0.2, -0.15) is 0 Å². The Bertz CT molecular complexity index is 3480. The Kier molecular flexibility index (Phi) is 18.7. The van der Waals surface area contributed by atoms with Crippen molar-refractivity contribution in [3.05, 3.63) is 125 Å². The number of piperazine rings is 2. The Balaban J connectivity index is 0.877. The van der Waals surface area contributed by atoms with Crippen LogP contribution in [0.1, 0.15) is 66.2 Å². The molecule has 8 amide bonds. The molecule has 5 aliphatic rings. The topological polar surface area (TPSA) is 202 Å². The van der Waals surface area contributed by atoms with Crippen molar-refractivity contribution >= 4 is 122 Å². The second-order valence-corrected chi connectivity index (χ2v) is 22.4. The molecule has 5 aliphatic heterocycles. The molecule has 0 bridgehead atoms. The normalized spacial score (nSPS) is 18.2. The van der Waals surface area contributed by atoms with Crippen molar-refractivity contribution in [2.45, 2.75) is 43.9 Å². The van der Waals surface area contributed by atoms with Gasteiger partial charge in [0.1, 0.15) is 11.5 Å². The number of unbranched alkanes of at least 4 members (excludes halogenated alkanes) is 2. The molecule has 0 aliphatic carbocycles. The molecule has 0 spiro atoms. The number of carbonyl (C=O) groups excluding carboxylic acids is 8. The van der Waals surface area contributed by atoms with Crippen LogP contribution in [0.2, 0.25) is 0 Å². The number of imide groups is 1. The number of alkyl halides is 2. The van der Waals surface area contributed by atoms with Crippen LogP contribution >= 0.6 is 23.2 Å². The monoisotopic (exact) mass is 1180 g/mol. The summed E-state index contributed by atoms with van der Waals surface area (Å²) >= 11 is 13.2. The maximum atomic E-state index is 14.5. The fourth-order valence-electron chi connectivity index (χ4n) is 11.4. The van der Waals surface area contributed by atoms with E-state index in [1.54, 1.807) is 62.1 Å². The van der Waals surface area contributed by atoms with E-state index in [0.717, 1.165) is 58.9 Å². The average molecular weight is 1180 g/mol. The van der Waals surface area contributed by atoms with Gasteiger partial charge in [0.25, 0.3) is 23.6 Å². The molecule has 10 rings (SSSR count). The lowest BCUT2D eigenvalue weighted by Gasteiger charge is -2.31. The summed E-state index contributed by atoms with van der Waals surface area (Å²) in [6.45, 7) is 5.83. The van der Waals surface area contributed by atoms with Crippen molar-refractivity contribution < 1.29 is 47.8 Å². The van der Waals surface area contributed by atoms with E-state index in [9.17, 15) is 38.4 Å². The smallest absolute Gasteiger partial charge is 0.409 e. The molecular formula is C63H67Cl2N9O10. The van der Waals surface area contributed by atoms with Crippen molar-refractivity contribution in [3.8, 4) is 11.5 Å². The summed E-state index contributed by atoms with van der Waals surface area (Å²) in [5.41, 5.74) is 4.24. The van der Waals surface area contributed by atoms with Gasteiger partial charge >= 0.3 is 12.2 Å². The van der Waals surface area contributed by atoms with Crippen LogP contribution in [0.3, 0.4) is 0 Å². The number of rotatable bonds is 18. The highest BCUT2D eigenvalue weighted by atomic mass is 35.5. The highest BCUT2D eigenvalue weighted by Gasteiger charge is 2.37. The minimum Gasteiger partial charge on any atom is -0.409 e. The highest BCUT2D eigenvalue weighted by Crippen LogP contribution is 2.47. The second kappa shape index (κ2) is 26.6. The van der Waals surface area contributed by atoms with Crippen molar-refractivity contribution in [3.63, 3.8) is 0 Å². The predicted octanol–water partition coefficient (Wildman–Crippen LogP) is 8.18. The van der Waals surface area contributed by atoms with Crippen molar-refractivity contribution in [1.82, 2.24) is 29.8 Å². The van der Waals surface area contributed by atoms with E-state index >= 15 is 0 Å². The van der Waals surface area contributed by atoms with Crippen LogP contribution in [0.25, 0.3) is 33.7 Å². The maximum Gasteiger partial charge on any atom is 0.415 e. The number of hydrogen-bond donors (Lipinski definition) is 2. The lowest BCUT2D eigenvalue weighted by atomic mass is 9.95. The molecule has 2 N–H and O–H groups in total. The van der Waals surface area contributed by atoms with E-state index in [-0.39, 0.29) is 92.2 Å². The molecule has 2 atom stereocenters. The quantitative estimate of drug-likeness (QED) is 0.0369. The lowest BCUT2D eigenvalue weighted by Crippen LogP contribution is -2.48. The largest absolute Gasteiger partial charge is 0.415 e. The molecule has 0 unspecified atom stereocenters. The number of amides is 8. The van der Waals surface area contributed by atoms with Crippen LogP contribution < -0.4 is 29.9 Å². The molecule has 2 fully saturated rings. The standard InChI is InChI=1S/C63H67Cl2N9O10/c1-68-26-30-70(31-27-68)62(81)83-52-35-50-60(47-12-7-5-10-45(47)52)43(37-64)39-73(50)58(79)19-16-41-15-17-42(49(34-41)67-55(76)23-24-66-54(75)14-4-3-9-25-72-56(77)21-22-57(72)78)18-20-59(80)74-40-44(38-65)61-48-13-8-6-11-46(48)53(36-51(61)74)84-63(82)71-32-28-69(2)29-33-71/h5-8,10-13,15-22,34-36,43-44H,3-4,9,14,23-33,37-40H2,1-2H3,(H,66,75)(H,67,76)/t43-,44-/m1/s1. The van der Waals surface area contributed by atoms with E-state index in [0.29, 0.717) is 85.1 Å². The van der Waals surface area contributed by atoms with E-state index < -0.39 is 18.1 Å². The van der Waals surface area contributed by atoms with Gasteiger partial charge in [0.05, 0.1) is 11.4 Å². The molecule has 0 aromatic heterocycles. The number of hydrogen-bond acceptors (Lipinski definition) is 12. The Morgan fingerprint density at radius 1 is 0.583 bits per heavy atom. The first-order valence-electron chi connectivity index (χ1n) is 28.4. The zero-order valence-electron chi connectivity index (χ0n) is 47.0. The molecule has 84 heavy (non-hydrogen) atoms. The summed E-state index contributed by atoms with van der Waals surface area (Å²) in [6, 6.07) is 23.9. The third-order valence-electron chi connectivity index (χ3n) is 16.1. The first kappa shape index (κ1) is 59.1. The molecule has 19 nitrogen and oxygen atoms in total. The molecule has 21 heteroatoms. The van der Waals surface area contributed by atoms with Gasteiger partial charge in [-0.3, -0.25) is 33.7 Å². The Hall–Kier alpha value is -8.10. The summed E-state index contributed by atoms with van der Waals surface area (Å²) < 4.78 is 12.2. The minimum absolute atomic E-state index is 0.0367. The van der Waals surface area contributed by atoms with Crippen LogP contribution in [0, 0.1) is 0 Å². The highest BCUT2D eigenvalue weighted by molar-refractivity contribution is 6.20. The van der Waals surface area contributed by atoms with Crippen LogP contribution in [0.5, 0.6) is 11.5 Å². The van der Waals surface area contributed by atoms with E-state index in [2.05, 4.69) is 20.4 Å². The van der Waals surface area contributed by atoms with Gasteiger partial charge in [-0.25, -0.2) is 9.59 Å². The lowest BCUT2D eigenvalue weighted by molar-refractivity contribution is -0.137. The molecule has 5 heterocycles. The number of fused-ring (bicyclic) bond motifs is 6. The third kappa shape index (κ3) is 13.3. The van der Waals surface area contributed by atoms with Crippen molar-refractivity contribution in [2.24, 2.45) is 0 Å². The summed E-state index contributed by atoms with van der Waals surface area (Å²) in [5.74, 6) is -1.42. The van der Waals surface area contributed by atoms with Crippen LogP contribution in [-0.4, -0.2) is 177 Å². The van der Waals surface area contributed by atoms with Crippen LogP contribution in [-0.2, 0) is 28.8 Å². The molecule has 2 saturated heterocycles. The minimum atomic E-state index is -0.472. The first-order chi connectivity index (χ1) is 40.7. The van der Waals surface area contributed by atoms with E-state index in [1.807, 2.05) is 62.6 Å². The van der Waals surface area contributed by atoms with Crippen LogP contribution in [0.15, 0.2) is 103 Å². The number of carbonyl (C=O) groups is 8. The first-order valence-corrected chi connectivity index (χ1v) is 29.5. The van der Waals surface area contributed by atoms with Crippen molar-refractivity contribution in [2.75, 3.05) is 120 Å². The zero-order valence-corrected chi connectivity index (χ0v) is 48.5. The zero-order chi connectivity index (χ0) is 59.0. The van der Waals surface area contributed by atoms with Gasteiger partial charge in [-0.1, -0.05) is 67.1 Å². The SMILES string of the molecule is CN1CCN(C(=O)Oc2cc3c(c4ccccc24)[C@H](CCl)CN3C(=O)C=Cc2ccc(C=CC(=O)N3C[C@@H](CCl)c4c3cc(OC(=O)N3CCN(C)CC3)c3ccccc43)c(NC(=O)CCNC(=O)CCCCCN3C(=O)C=CC3=O)c2)CC1. The Labute approximate surface area is 497 Å². The van der Waals surface area contributed by atoms with Crippen molar-refractivity contribution in [1.29, 1.82) is 0 Å². The van der Waals surface area contributed by atoms with Gasteiger partial charge in [-0.05, 0) is 78.2 Å². The predicted molar refractivity (Wildman–Crippen MR) is 325 cm³/mol. The fraction of sp³-hybridized carbons (Fsp3) is 0.365. The van der Waals surface area contributed by atoms with Gasteiger partial charge in [0, 0.05) is 168 Å². The second-order valence-electron chi connectivity index (χ2n) is 21.8. The van der Waals surface area contributed by atoms with Gasteiger partial charge in [-0.15, -0.1) is 23.2 Å². The molecule has 438 valence electrons. The van der Waals surface area contributed by atoms with Crippen LogP contribution in [0.4, 0.5) is 26.7 Å². The maximum absolute atomic E-state index is 14.5. The number of likely N-dealkylation sites (N-methyl/N-ethyl adjacent to an activating group) is 2. The number of nitrogens with one attached hydrogen (secondary N) is 2. The average Bonchev–Trinajstić information content (AvgIpc) is 2.40. The number of anilines is 3. The fourth-order valence-corrected chi connectivity index (χ4v) is 11.9. The van der Waals surface area contributed by atoms with E-state index in [4.69, 9.17) is 32.7 Å². The molecule has 5 aromatic rings. The van der Waals surface area contributed by atoms with E-state index in [1.165, 1.54) is 29.2 Å². The number of benzene rings is 5. The summed E-state index contributed by atoms with van der Waals surface area (Å²) in [5, 5.41) is 8.86. The molecule has 0 radical (unpaired) electrons.